The summed E-state index contributed by atoms with van der Waals surface area (Å²) in [6, 6.07) is 3.44. The summed E-state index contributed by atoms with van der Waals surface area (Å²) in [5.74, 6) is -0.605. The highest BCUT2D eigenvalue weighted by Gasteiger charge is 2.14. The van der Waals surface area contributed by atoms with Crippen molar-refractivity contribution in [2.75, 3.05) is 0 Å². The maximum atomic E-state index is 10.4. The third kappa shape index (κ3) is 7.51. The van der Waals surface area contributed by atoms with Gasteiger partial charge in [0.2, 0.25) is 0 Å². The summed E-state index contributed by atoms with van der Waals surface area (Å²) in [6.07, 6.45) is 0. The molecule has 0 aromatic heterocycles. The quantitative estimate of drug-likeness (QED) is 0.196. The van der Waals surface area contributed by atoms with E-state index in [1.807, 2.05) is 0 Å². The van der Waals surface area contributed by atoms with Crippen molar-refractivity contribution in [1.82, 2.24) is 0 Å². The van der Waals surface area contributed by atoms with Crippen LogP contribution in [0.5, 0.6) is 5.75 Å². The minimum atomic E-state index is -4.66. The van der Waals surface area contributed by atoms with Crippen LogP contribution >= 0.6 is 0 Å². The summed E-state index contributed by atoms with van der Waals surface area (Å²) in [7, 11) is -4.66. The fourth-order valence-corrected chi connectivity index (χ4v) is 1.31. The number of nitro benzene ring substituents is 1. The topological polar surface area (TPSA) is 183 Å². The SMILES string of the molecule is Cc1ccc([N+](=O)[O-])cc1OS(=O)(=O)O.N=C(N)N. The van der Waals surface area contributed by atoms with Gasteiger partial charge in [-0.15, -0.1) is 0 Å². The van der Waals surface area contributed by atoms with Crippen molar-refractivity contribution < 1.29 is 22.1 Å². The van der Waals surface area contributed by atoms with E-state index in [-0.39, 0.29) is 17.4 Å². The minimum absolute atomic E-state index is 0.272. The Bertz CT molecular complexity index is 581. The molecule has 0 amide bonds. The van der Waals surface area contributed by atoms with Gasteiger partial charge in [-0.2, -0.15) is 8.42 Å². The van der Waals surface area contributed by atoms with Crippen LogP contribution in [0.1, 0.15) is 5.56 Å². The third-order valence-corrected chi connectivity index (χ3v) is 1.97. The normalized spacial score (nSPS) is 10.0. The number of hydrogen-bond donors (Lipinski definition) is 4. The first-order chi connectivity index (χ1) is 8.53. The van der Waals surface area contributed by atoms with E-state index in [4.69, 9.17) is 9.96 Å². The van der Waals surface area contributed by atoms with Crippen molar-refractivity contribution in [3.8, 4) is 5.75 Å². The molecule has 0 heterocycles. The Labute approximate surface area is 108 Å². The van der Waals surface area contributed by atoms with Gasteiger partial charge < -0.3 is 15.7 Å². The Morgan fingerprint density at radius 3 is 2.32 bits per heavy atom. The number of rotatable bonds is 3. The van der Waals surface area contributed by atoms with Gasteiger partial charge >= 0.3 is 10.4 Å². The lowest BCUT2D eigenvalue weighted by molar-refractivity contribution is -0.384. The number of nitro groups is 1. The molecule has 6 N–H and O–H groups in total. The Hall–Kier alpha value is -2.40. The van der Waals surface area contributed by atoms with Crippen molar-refractivity contribution in [1.29, 1.82) is 5.41 Å². The van der Waals surface area contributed by atoms with Crippen LogP contribution in [0.4, 0.5) is 5.69 Å². The van der Waals surface area contributed by atoms with Crippen molar-refractivity contribution in [2.24, 2.45) is 11.5 Å². The van der Waals surface area contributed by atoms with E-state index in [9.17, 15) is 18.5 Å². The number of hydrogen-bond acceptors (Lipinski definition) is 6. The lowest BCUT2D eigenvalue weighted by Crippen LogP contribution is -2.20. The van der Waals surface area contributed by atoms with Crippen molar-refractivity contribution in [3.05, 3.63) is 33.9 Å². The molecule has 0 saturated heterocycles. The Kier molecular flexibility index (Phi) is 5.69. The summed E-state index contributed by atoms with van der Waals surface area (Å²) in [6.45, 7) is 1.49. The molecule has 106 valence electrons. The number of nitrogens with one attached hydrogen (secondary N) is 1. The molecule has 0 spiro atoms. The number of benzene rings is 1. The van der Waals surface area contributed by atoms with E-state index < -0.39 is 15.3 Å². The van der Waals surface area contributed by atoms with Crippen LogP contribution in [0.3, 0.4) is 0 Å². The first-order valence-electron chi connectivity index (χ1n) is 4.54. The molecule has 0 aliphatic heterocycles. The summed E-state index contributed by atoms with van der Waals surface area (Å²) >= 11 is 0. The fraction of sp³-hybridized carbons (Fsp3) is 0.125. The molecule has 1 aromatic carbocycles. The van der Waals surface area contributed by atoms with Crippen molar-refractivity contribution in [3.63, 3.8) is 0 Å². The molecule has 0 aliphatic carbocycles. The van der Waals surface area contributed by atoms with E-state index in [0.717, 1.165) is 6.07 Å². The molecule has 0 radical (unpaired) electrons. The van der Waals surface area contributed by atoms with Gasteiger partial charge in [-0.3, -0.25) is 20.1 Å². The molecule has 0 bridgehead atoms. The highest BCUT2D eigenvalue weighted by atomic mass is 32.3. The third-order valence-electron chi connectivity index (χ3n) is 1.58. The molecule has 10 nitrogen and oxygen atoms in total. The first-order valence-corrected chi connectivity index (χ1v) is 5.91. The van der Waals surface area contributed by atoms with Gasteiger partial charge in [-0.05, 0) is 18.6 Å². The molecule has 0 aliphatic rings. The van der Waals surface area contributed by atoms with Gasteiger partial charge in [0.05, 0.1) is 11.0 Å². The number of aryl methyl sites for hydroxylation is 1. The standard InChI is InChI=1S/C7H7NO6S.CH5N3/c1-5-2-3-6(8(9)10)4-7(5)14-15(11,12)13;2-1(3)4/h2-4H,1H3,(H,11,12,13);(H5,2,3,4). The van der Waals surface area contributed by atoms with Crippen LogP contribution < -0.4 is 15.7 Å². The Morgan fingerprint density at radius 2 is 1.95 bits per heavy atom. The maximum absolute atomic E-state index is 10.4. The number of nitrogens with zero attached hydrogens (tertiary/aromatic N) is 1. The monoisotopic (exact) mass is 292 g/mol. The fourth-order valence-electron chi connectivity index (χ4n) is 0.906. The second-order valence-electron chi connectivity index (χ2n) is 3.17. The van der Waals surface area contributed by atoms with Gasteiger partial charge in [-0.1, -0.05) is 0 Å². The van der Waals surface area contributed by atoms with Gasteiger partial charge in [-0.25, -0.2) is 0 Å². The van der Waals surface area contributed by atoms with Gasteiger partial charge in [0.1, 0.15) is 0 Å². The van der Waals surface area contributed by atoms with E-state index in [0.29, 0.717) is 5.56 Å². The summed E-state index contributed by atoms with van der Waals surface area (Å²) < 4.78 is 33.3. The van der Waals surface area contributed by atoms with E-state index in [2.05, 4.69) is 15.7 Å². The van der Waals surface area contributed by atoms with E-state index in [1.165, 1.54) is 19.1 Å². The van der Waals surface area contributed by atoms with Crippen molar-refractivity contribution >= 4 is 22.0 Å². The molecule has 1 aromatic rings. The molecular formula is C8H12N4O6S. The summed E-state index contributed by atoms with van der Waals surface area (Å²) in [5, 5.41) is 16.4. The van der Waals surface area contributed by atoms with Crippen LogP contribution in [0.25, 0.3) is 0 Å². The second-order valence-corrected chi connectivity index (χ2v) is 4.20. The van der Waals surface area contributed by atoms with Crippen molar-refractivity contribution in [2.45, 2.75) is 6.92 Å². The zero-order valence-corrected chi connectivity index (χ0v) is 10.5. The van der Waals surface area contributed by atoms with Crippen LogP contribution in [0.2, 0.25) is 0 Å². The predicted molar refractivity (Wildman–Crippen MR) is 66.1 cm³/mol. The largest absolute Gasteiger partial charge is 0.446 e. The first kappa shape index (κ1) is 16.6. The van der Waals surface area contributed by atoms with Crippen LogP contribution in [0, 0.1) is 22.4 Å². The Balaban J connectivity index is 0.000000711. The zero-order valence-electron chi connectivity index (χ0n) is 9.73. The molecule has 19 heavy (non-hydrogen) atoms. The molecule has 0 unspecified atom stereocenters. The summed E-state index contributed by atoms with van der Waals surface area (Å²) in [4.78, 5) is 9.67. The molecule has 0 fully saturated rings. The number of non-ortho nitro benzene ring substituents is 1. The maximum Gasteiger partial charge on any atom is 0.446 e. The van der Waals surface area contributed by atoms with Crippen LogP contribution in [-0.2, 0) is 10.4 Å². The van der Waals surface area contributed by atoms with E-state index in [1.54, 1.807) is 0 Å². The highest BCUT2D eigenvalue weighted by molar-refractivity contribution is 7.81. The second kappa shape index (κ2) is 6.51. The molecule has 11 heteroatoms. The lowest BCUT2D eigenvalue weighted by Gasteiger charge is -2.04. The van der Waals surface area contributed by atoms with Gasteiger partial charge in [0.15, 0.2) is 11.7 Å². The molecule has 1 rings (SSSR count). The Morgan fingerprint density at radius 1 is 1.47 bits per heavy atom. The van der Waals surface area contributed by atoms with Gasteiger partial charge in [0, 0.05) is 6.07 Å². The number of guanidine groups is 1. The van der Waals surface area contributed by atoms with Crippen LogP contribution in [0.15, 0.2) is 18.2 Å². The minimum Gasteiger partial charge on any atom is -0.370 e. The number of nitrogens with two attached hydrogens (primary N) is 2. The molecular weight excluding hydrogens is 280 g/mol. The summed E-state index contributed by atoms with van der Waals surface area (Å²) in [5.41, 5.74) is 8.98. The molecule has 0 atom stereocenters. The highest BCUT2D eigenvalue weighted by Crippen LogP contribution is 2.24. The van der Waals surface area contributed by atoms with Gasteiger partial charge in [0.25, 0.3) is 5.69 Å². The average molecular weight is 292 g/mol. The average Bonchev–Trinajstić information content (AvgIpc) is 2.18. The molecule has 0 saturated carbocycles. The predicted octanol–water partition coefficient (Wildman–Crippen LogP) is -0.0766. The lowest BCUT2D eigenvalue weighted by atomic mass is 10.2. The smallest absolute Gasteiger partial charge is 0.370 e. The van der Waals surface area contributed by atoms with E-state index >= 15 is 0 Å². The van der Waals surface area contributed by atoms with Crippen LogP contribution in [-0.4, -0.2) is 23.9 Å². The zero-order chi connectivity index (χ0) is 15.2.